The van der Waals surface area contributed by atoms with Crippen molar-refractivity contribution in [1.29, 1.82) is 5.41 Å². The highest BCUT2D eigenvalue weighted by Gasteiger charge is 2.34. The molecule has 1 aromatic carbocycles. The molecule has 1 unspecified atom stereocenters. The summed E-state index contributed by atoms with van der Waals surface area (Å²) in [5.41, 5.74) is 1.14. The molecule has 21 heavy (non-hydrogen) atoms. The second-order valence-electron chi connectivity index (χ2n) is 4.82. The second-order valence-corrected chi connectivity index (χ2v) is 4.82. The zero-order chi connectivity index (χ0) is 15.4. The molecule has 0 aliphatic carbocycles. The van der Waals surface area contributed by atoms with Gasteiger partial charge in [-0.1, -0.05) is 6.92 Å². The number of cyclic esters (lactones) is 1. The van der Waals surface area contributed by atoms with Crippen molar-refractivity contribution in [2.24, 2.45) is 0 Å². The minimum atomic E-state index is -0.617. The van der Waals surface area contributed by atoms with Crippen LogP contribution in [0, 0.1) is 5.41 Å². The highest BCUT2D eigenvalue weighted by molar-refractivity contribution is 6.39. The number of carbonyl (C=O) groups excluding carboxylic acids is 2. The van der Waals surface area contributed by atoms with Gasteiger partial charge in [0.25, 0.3) is 0 Å². The van der Waals surface area contributed by atoms with Crippen molar-refractivity contribution in [3.8, 4) is 5.75 Å². The summed E-state index contributed by atoms with van der Waals surface area (Å²) in [7, 11) is 1.54. The van der Waals surface area contributed by atoms with Crippen molar-refractivity contribution in [1.82, 2.24) is 0 Å². The maximum atomic E-state index is 11.8. The molecule has 0 bridgehead atoms. The van der Waals surface area contributed by atoms with Crippen LogP contribution in [0.3, 0.4) is 0 Å². The van der Waals surface area contributed by atoms with Crippen LogP contribution in [0.15, 0.2) is 18.2 Å². The van der Waals surface area contributed by atoms with Gasteiger partial charge in [0.1, 0.15) is 18.1 Å². The van der Waals surface area contributed by atoms with Crippen LogP contribution in [0.2, 0.25) is 0 Å². The molecule has 1 atom stereocenters. The molecule has 2 rings (SSSR count). The van der Waals surface area contributed by atoms with Crippen LogP contribution in [0.5, 0.6) is 5.75 Å². The molecule has 0 saturated carbocycles. The van der Waals surface area contributed by atoms with Crippen molar-refractivity contribution in [3.63, 3.8) is 0 Å². The Morgan fingerprint density at radius 1 is 1.52 bits per heavy atom. The summed E-state index contributed by atoms with van der Waals surface area (Å²) in [6.07, 6.45) is 1.17. The number of hydrogen-bond donors (Lipinski definition) is 2. The quantitative estimate of drug-likeness (QED) is 0.813. The molecule has 1 saturated heterocycles. The molecule has 1 amide bonds. The van der Waals surface area contributed by atoms with Gasteiger partial charge in [-0.05, 0) is 30.2 Å². The Kier molecular flexibility index (Phi) is 4.57. The Balaban J connectivity index is 2.34. The molecule has 0 radical (unpaired) electrons. The van der Waals surface area contributed by atoms with E-state index in [4.69, 9.17) is 14.9 Å². The topological polar surface area (TPSA) is 88.5 Å². The fourth-order valence-corrected chi connectivity index (χ4v) is 2.22. The Labute approximate surface area is 122 Å². The largest absolute Gasteiger partial charge is 0.497 e. The van der Waals surface area contributed by atoms with Crippen molar-refractivity contribution >= 4 is 23.3 Å². The Morgan fingerprint density at radius 2 is 2.29 bits per heavy atom. The number of anilines is 1. The van der Waals surface area contributed by atoms with Crippen LogP contribution >= 0.6 is 0 Å². The van der Waals surface area contributed by atoms with Gasteiger partial charge in [-0.3, -0.25) is 10.2 Å². The third kappa shape index (κ3) is 3.21. The Hall–Kier alpha value is -2.37. The molecule has 2 N–H and O–H groups in total. The van der Waals surface area contributed by atoms with E-state index < -0.39 is 11.9 Å². The van der Waals surface area contributed by atoms with Gasteiger partial charge >= 0.3 is 5.97 Å². The highest BCUT2D eigenvalue weighted by Crippen LogP contribution is 2.32. The average Bonchev–Trinajstić information content (AvgIpc) is 2.80. The van der Waals surface area contributed by atoms with E-state index in [0.717, 1.165) is 6.42 Å². The van der Waals surface area contributed by atoms with E-state index in [9.17, 15) is 9.59 Å². The number of benzene rings is 1. The van der Waals surface area contributed by atoms with E-state index in [1.807, 2.05) is 6.92 Å². The van der Waals surface area contributed by atoms with Gasteiger partial charge in [0, 0.05) is 12.1 Å². The first-order valence-corrected chi connectivity index (χ1v) is 6.80. The first-order chi connectivity index (χ1) is 10.1. The molecule has 1 heterocycles. The van der Waals surface area contributed by atoms with Gasteiger partial charge in [0.05, 0.1) is 13.0 Å². The molecular formula is C15H18N2O4. The van der Waals surface area contributed by atoms with Crippen molar-refractivity contribution in [3.05, 3.63) is 23.8 Å². The van der Waals surface area contributed by atoms with Crippen LogP contribution in [0.25, 0.3) is 0 Å². The summed E-state index contributed by atoms with van der Waals surface area (Å²) in [4.78, 5) is 23.2. The van der Waals surface area contributed by atoms with Crippen LogP contribution in [-0.2, 0) is 14.3 Å². The lowest BCUT2D eigenvalue weighted by Crippen LogP contribution is -2.17. The summed E-state index contributed by atoms with van der Waals surface area (Å²) in [5.74, 6) is -0.593. The number of amides is 1. The van der Waals surface area contributed by atoms with Crippen molar-refractivity contribution in [2.45, 2.75) is 25.7 Å². The Morgan fingerprint density at radius 3 is 2.86 bits per heavy atom. The smallest absolute Gasteiger partial charge is 0.352 e. The monoisotopic (exact) mass is 290 g/mol. The Bertz CT molecular complexity index is 583. The number of carbonyl (C=O) groups is 2. The minimum Gasteiger partial charge on any atom is -0.497 e. The summed E-state index contributed by atoms with van der Waals surface area (Å²) >= 11 is 0. The number of nitrogens with one attached hydrogen (secondary N) is 2. The summed E-state index contributed by atoms with van der Waals surface area (Å²) in [6, 6.07) is 5.17. The van der Waals surface area contributed by atoms with E-state index in [0.29, 0.717) is 23.4 Å². The SMILES string of the molecule is CCCC(=O)Nc1ccc(OC)cc1C1COC(=O)C1=N. The van der Waals surface area contributed by atoms with Crippen LogP contribution in [0.4, 0.5) is 5.69 Å². The van der Waals surface area contributed by atoms with Crippen LogP contribution in [0.1, 0.15) is 31.2 Å². The lowest BCUT2D eigenvalue weighted by Gasteiger charge is -2.15. The first-order valence-electron chi connectivity index (χ1n) is 6.80. The third-order valence-electron chi connectivity index (χ3n) is 3.33. The van der Waals surface area contributed by atoms with E-state index in [1.165, 1.54) is 7.11 Å². The maximum absolute atomic E-state index is 11.8. The summed E-state index contributed by atoms with van der Waals surface area (Å²) in [6.45, 7) is 2.04. The predicted octanol–water partition coefficient (Wildman–Crippen LogP) is 2.09. The molecule has 1 aromatic rings. The van der Waals surface area contributed by atoms with Crippen molar-refractivity contribution in [2.75, 3.05) is 19.0 Å². The molecule has 0 spiro atoms. The van der Waals surface area contributed by atoms with E-state index in [-0.39, 0.29) is 18.2 Å². The molecule has 1 aliphatic rings. The zero-order valence-corrected chi connectivity index (χ0v) is 12.1. The van der Waals surface area contributed by atoms with Crippen LogP contribution in [-0.4, -0.2) is 31.3 Å². The molecule has 6 heteroatoms. The molecule has 0 aromatic heterocycles. The number of esters is 1. The van der Waals surface area contributed by atoms with E-state index in [1.54, 1.807) is 18.2 Å². The third-order valence-corrected chi connectivity index (χ3v) is 3.33. The van der Waals surface area contributed by atoms with Gasteiger partial charge < -0.3 is 14.8 Å². The minimum absolute atomic E-state index is 0.0966. The lowest BCUT2D eigenvalue weighted by atomic mass is 9.94. The van der Waals surface area contributed by atoms with E-state index >= 15 is 0 Å². The number of ether oxygens (including phenoxy) is 2. The van der Waals surface area contributed by atoms with Gasteiger partial charge in [-0.15, -0.1) is 0 Å². The van der Waals surface area contributed by atoms with E-state index in [2.05, 4.69) is 5.32 Å². The van der Waals surface area contributed by atoms with Gasteiger partial charge in [0.2, 0.25) is 5.91 Å². The first kappa shape index (κ1) is 15.0. The number of methoxy groups -OCH3 is 1. The highest BCUT2D eigenvalue weighted by atomic mass is 16.5. The van der Waals surface area contributed by atoms with Gasteiger partial charge in [-0.2, -0.15) is 0 Å². The molecule has 112 valence electrons. The lowest BCUT2D eigenvalue weighted by molar-refractivity contribution is -0.132. The second kappa shape index (κ2) is 6.39. The zero-order valence-electron chi connectivity index (χ0n) is 12.1. The predicted molar refractivity (Wildman–Crippen MR) is 78.0 cm³/mol. The van der Waals surface area contributed by atoms with Crippen molar-refractivity contribution < 1.29 is 19.1 Å². The molecule has 1 aliphatic heterocycles. The van der Waals surface area contributed by atoms with Crippen LogP contribution < -0.4 is 10.1 Å². The standard InChI is InChI=1S/C15H18N2O4/c1-3-4-13(18)17-12-6-5-9(20-2)7-10(12)11-8-21-15(19)14(11)16/h5-7,11,16H,3-4,8H2,1-2H3,(H,17,18). The normalized spacial score (nSPS) is 17.5. The molecule has 1 fully saturated rings. The molecular weight excluding hydrogens is 272 g/mol. The number of hydrogen-bond acceptors (Lipinski definition) is 5. The average molecular weight is 290 g/mol. The maximum Gasteiger partial charge on any atom is 0.352 e. The number of rotatable bonds is 5. The fraction of sp³-hybridized carbons (Fsp3) is 0.400. The van der Waals surface area contributed by atoms with Gasteiger partial charge in [0.15, 0.2) is 0 Å². The van der Waals surface area contributed by atoms with Gasteiger partial charge in [-0.25, -0.2) is 4.79 Å². The summed E-state index contributed by atoms with van der Waals surface area (Å²) in [5, 5.41) is 10.6. The fourth-order valence-electron chi connectivity index (χ4n) is 2.22. The summed E-state index contributed by atoms with van der Waals surface area (Å²) < 4.78 is 10.1. The molecule has 6 nitrogen and oxygen atoms in total.